The normalized spacial score (nSPS) is 24.7. The Labute approximate surface area is 144 Å². The average Bonchev–Trinajstić information content (AvgIpc) is 3.15. The molecule has 3 atom stereocenters. The first kappa shape index (κ1) is 15.7. The van der Waals surface area contributed by atoms with Crippen LogP contribution in [0.25, 0.3) is 11.3 Å². The third kappa shape index (κ3) is 3.38. The van der Waals surface area contributed by atoms with Gasteiger partial charge < -0.3 is 14.8 Å². The van der Waals surface area contributed by atoms with Crippen molar-refractivity contribution in [3.63, 3.8) is 0 Å². The maximum Gasteiger partial charge on any atom is 0.251 e. The number of carbonyl (C=O) groups is 1. The summed E-state index contributed by atoms with van der Waals surface area (Å²) in [7, 11) is 0. The van der Waals surface area contributed by atoms with Gasteiger partial charge in [-0.1, -0.05) is 59.8 Å². The van der Waals surface area contributed by atoms with Gasteiger partial charge in [-0.3, -0.25) is 4.79 Å². The van der Waals surface area contributed by atoms with Crippen LogP contribution in [0.1, 0.15) is 5.69 Å². The summed E-state index contributed by atoms with van der Waals surface area (Å²) >= 11 is 0. The van der Waals surface area contributed by atoms with Crippen LogP contribution in [0.3, 0.4) is 0 Å². The quantitative estimate of drug-likeness (QED) is 0.911. The second-order valence-corrected chi connectivity index (χ2v) is 5.80. The fourth-order valence-electron chi connectivity index (χ4n) is 2.83. The lowest BCUT2D eigenvalue weighted by Gasteiger charge is -2.34. The highest BCUT2D eigenvalue weighted by atomic mass is 16.6. The number of aromatic nitrogens is 2. The number of fused-ring (bicyclic) bond motifs is 1. The Balaban J connectivity index is 1.38. The second kappa shape index (κ2) is 7.00. The van der Waals surface area contributed by atoms with Gasteiger partial charge in [-0.15, -0.1) is 0 Å². The van der Waals surface area contributed by atoms with Gasteiger partial charge in [-0.25, -0.2) is 4.63 Å². The molecule has 1 fully saturated rings. The lowest BCUT2D eigenvalue weighted by molar-refractivity contribution is -0.168. The molecule has 0 saturated carbocycles. The zero-order valence-electron chi connectivity index (χ0n) is 13.4. The van der Waals surface area contributed by atoms with Crippen LogP contribution in [0.4, 0.5) is 0 Å². The van der Waals surface area contributed by atoms with E-state index in [-0.39, 0.29) is 31.3 Å². The minimum Gasteiger partial charge on any atom is -0.368 e. The molecule has 1 N–H and O–H groups in total. The van der Waals surface area contributed by atoms with E-state index in [1.54, 1.807) is 0 Å². The lowest BCUT2D eigenvalue weighted by atomic mass is 10.1. The van der Waals surface area contributed by atoms with Gasteiger partial charge in [0.05, 0.1) is 13.2 Å². The van der Waals surface area contributed by atoms with Crippen LogP contribution >= 0.6 is 0 Å². The van der Waals surface area contributed by atoms with E-state index in [9.17, 15) is 4.79 Å². The molecule has 7 nitrogen and oxygen atoms in total. The third-order valence-corrected chi connectivity index (χ3v) is 4.12. The van der Waals surface area contributed by atoms with Gasteiger partial charge in [-0.05, 0) is 5.16 Å². The molecular formula is C18H17N3O4. The van der Waals surface area contributed by atoms with Gasteiger partial charge in [-0.2, -0.15) is 0 Å². The molecule has 2 heterocycles. The predicted octanol–water partition coefficient (Wildman–Crippen LogP) is 1.63. The molecule has 1 aromatic heterocycles. The van der Waals surface area contributed by atoms with Crippen LogP contribution in [0, 0.1) is 0 Å². The molecular weight excluding hydrogens is 322 g/mol. The van der Waals surface area contributed by atoms with Crippen molar-refractivity contribution in [2.24, 2.45) is 0 Å². The topological polar surface area (TPSA) is 86.5 Å². The number of hydrogen-bond donors (Lipinski definition) is 1. The monoisotopic (exact) mass is 339 g/mol. The van der Waals surface area contributed by atoms with Crippen LogP contribution in [0.15, 0.2) is 59.3 Å². The van der Waals surface area contributed by atoms with Gasteiger partial charge >= 0.3 is 0 Å². The van der Waals surface area contributed by atoms with Crippen molar-refractivity contribution in [2.45, 2.75) is 24.9 Å². The van der Waals surface area contributed by atoms with E-state index in [2.05, 4.69) is 15.6 Å². The largest absolute Gasteiger partial charge is 0.368 e. The summed E-state index contributed by atoms with van der Waals surface area (Å²) in [6, 6.07) is 9.54. The summed E-state index contributed by atoms with van der Waals surface area (Å²) in [6.45, 7) is 0.421. The molecule has 3 unspecified atom stereocenters. The highest BCUT2D eigenvalue weighted by molar-refractivity contribution is 5.81. The van der Waals surface area contributed by atoms with Gasteiger partial charge in [0.15, 0.2) is 6.10 Å². The molecule has 25 heavy (non-hydrogen) atoms. The van der Waals surface area contributed by atoms with E-state index >= 15 is 0 Å². The van der Waals surface area contributed by atoms with Crippen molar-refractivity contribution in [1.29, 1.82) is 0 Å². The van der Waals surface area contributed by atoms with E-state index in [0.29, 0.717) is 11.4 Å². The van der Waals surface area contributed by atoms with Gasteiger partial charge in [0.2, 0.25) is 0 Å². The Morgan fingerprint density at radius 2 is 1.92 bits per heavy atom. The summed E-state index contributed by atoms with van der Waals surface area (Å²) in [4.78, 5) is 12.4. The van der Waals surface area contributed by atoms with E-state index in [0.717, 1.165) is 5.56 Å². The highest BCUT2D eigenvalue weighted by Gasteiger charge is 2.33. The number of allylic oxidation sites excluding steroid dienone is 2. The highest BCUT2D eigenvalue weighted by Crippen LogP contribution is 2.21. The first-order valence-corrected chi connectivity index (χ1v) is 8.08. The van der Waals surface area contributed by atoms with Crippen molar-refractivity contribution in [3.05, 3.63) is 60.3 Å². The van der Waals surface area contributed by atoms with Crippen molar-refractivity contribution in [1.82, 2.24) is 15.6 Å². The summed E-state index contributed by atoms with van der Waals surface area (Å²) < 4.78 is 16.3. The van der Waals surface area contributed by atoms with Crippen LogP contribution < -0.4 is 5.32 Å². The standard InChI is InChI=1S/C18H17N3O4/c22-18(16-11-23-14-8-4-5-9-15(14)24-16)19-10-13-17(21-25-20-13)12-6-2-1-3-7-12/h1-9,14-16H,10-11H2,(H,19,22). The fourth-order valence-corrected chi connectivity index (χ4v) is 2.83. The minimum absolute atomic E-state index is 0.126. The number of ether oxygens (including phenoxy) is 2. The summed E-state index contributed by atoms with van der Waals surface area (Å²) in [5, 5.41) is 10.6. The Hall–Kier alpha value is -2.77. The van der Waals surface area contributed by atoms with E-state index in [4.69, 9.17) is 14.1 Å². The number of carbonyl (C=O) groups excluding carboxylic acids is 1. The van der Waals surface area contributed by atoms with Crippen molar-refractivity contribution in [2.75, 3.05) is 6.61 Å². The number of amides is 1. The SMILES string of the molecule is O=C(NCc1nonc1-c1ccccc1)C1COC2C=CC=CC2O1. The summed E-state index contributed by atoms with van der Waals surface area (Å²) in [5.74, 6) is -0.247. The predicted molar refractivity (Wildman–Crippen MR) is 88.3 cm³/mol. The van der Waals surface area contributed by atoms with Crippen molar-refractivity contribution in [3.8, 4) is 11.3 Å². The molecule has 1 aliphatic heterocycles. The maximum atomic E-state index is 12.4. The smallest absolute Gasteiger partial charge is 0.251 e. The fraction of sp³-hybridized carbons (Fsp3) is 0.278. The molecule has 2 aromatic rings. The number of benzene rings is 1. The van der Waals surface area contributed by atoms with Gasteiger partial charge in [0.1, 0.15) is 23.6 Å². The molecule has 7 heteroatoms. The Morgan fingerprint density at radius 3 is 2.76 bits per heavy atom. The van der Waals surface area contributed by atoms with Crippen LogP contribution in [-0.4, -0.2) is 41.1 Å². The zero-order chi connectivity index (χ0) is 17.1. The molecule has 2 aliphatic rings. The molecule has 1 aromatic carbocycles. The first-order chi connectivity index (χ1) is 12.3. The number of nitrogens with one attached hydrogen (secondary N) is 1. The Bertz CT molecular complexity index is 800. The summed E-state index contributed by atoms with van der Waals surface area (Å²) in [5.41, 5.74) is 2.06. The maximum absolute atomic E-state index is 12.4. The van der Waals surface area contributed by atoms with Crippen LogP contribution in [0.5, 0.6) is 0 Å². The van der Waals surface area contributed by atoms with Crippen molar-refractivity contribution >= 4 is 5.91 Å². The van der Waals surface area contributed by atoms with E-state index < -0.39 is 6.10 Å². The lowest BCUT2D eigenvalue weighted by Crippen LogP contribution is -2.49. The molecule has 0 radical (unpaired) electrons. The molecule has 0 spiro atoms. The van der Waals surface area contributed by atoms with E-state index in [1.807, 2.05) is 54.6 Å². The van der Waals surface area contributed by atoms with Crippen LogP contribution in [0.2, 0.25) is 0 Å². The number of nitrogens with zero attached hydrogens (tertiary/aromatic N) is 2. The van der Waals surface area contributed by atoms with Crippen LogP contribution in [-0.2, 0) is 20.8 Å². The molecule has 1 aliphatic carbocycles. The molecule has 4 rings (SSSR count). The second-order valence-electron chi connectivity index (χ2n) is 5.80. The number of hydrogen-bond acceptors (Lipinski definition) is 6. The third-order valence-electron chi connectivity index (χ3n) is 4.12. The van der Waals surface area contributed by atoms with E-state index in [1.165, 1.54) is 0 Å². The molecule has 1 amide bonds. The Morgan fingerprint density at radius 1 is 1.12 bits per heavy atom. The molecule has 128 valence electrons. The Kier molecular flexibility index (Phi) is 4.41. The zero-order valence-corrected chi connectivity index (χ0v) is 13.4. The average molecular weight is 339 g/mol. The van der Waals surface area contributed by atoms with Gasteiger partial charge in [0.25, 0.3) is 5.91 Å². The van der Waals surface area contributed by atoms with Gasteiger partial charge in [0, 0.05) is 5.56 Å². The molecule has 0 bridgehead atoms. The summed E-state index contributed by atoms with van der Waals surface area (Å²) in [6.07, 6.45) is 6.59. The molecule has 1 saturated heterocycles. The van der Waals surface area contributed by atoms with Crippen molar-refractivity contribution < 1.29 is 18.9 Å². The minimum atomic E-state index is -0.655. The first-order valence-electron chi connectivity index (χ1n) is 8.08. The number of rotatable bonds is 4.